The lowest BCUT2D eigenvalue weighted by atomic mass is 10.1. The van der Waals surface area contributed by atoms with Gasteiger partial charge in [0.15, 0.2) is 5.11 Å². The highest BCUT2D eigenvalue weighted by Gasteiger charge is 2.00. The van der Waals surface area contributed by atoms with Gasteiger partial charge in [-0.2, -0.15) is 0 Å². The van der Waals surface area contributed by atoms with E-state index in [4.69, 9.17) is 12.2 Å². The summed E-state index contributed by atoms with van der Waals surface area (Å²) in [5.74, 6) is 0. The molecule has 5 nitrogen and oxygen atoms in total. The smallest absolute Gasteiger partial charge is 0.319 e. The highest BCUT2D eigenvalue weighted by molar-refractivity contribution is 7.80. The molecule has 2 rings (SSSR count). The first-order chi connectivity index (χ1) is 13.2. The van der Waals surface area contributed by atoms with Gasteiger partial charge in [0.1, 0.15) is 0 Å². The molecular formula is C21H28N4OS. The summed E-state index contributed by atoms with van der Waals surface area (Å²) in [6.45, 7) is 1.57. The number of carbonyl (C=O) groups is 1. The van der Waals surface area contributed by atoms with Crippen LogP contribution in [-0.4, -0.2) is 24.2 Å². The van der Waals surface area contributed by atoms with E-state index < -0.39 is 0 Å². The zero-order chi connectivity index (χ0) is 19.2. The first-order valence-corrected chi connectivity index (χ1v) is 9.84. The summed E-state index contributed by atoms with van der Waals surface area (Å²) in [5, 5.41) is 12.7. The Balaban J connectivity index is 1.40. The van der Waals surface area contributed by atoms with Crippen molar-refractivity contribution in [2.75, 3.05) is 23.7 Å². The maximum atomic E-state index is 11.7. The summed E-state index contributed by atoms with van der Waals surface area (Å²) in [6, 6.07) is 19.2. The maximum absolute atomic E-state index is 11.7. The van der Waals surface area contributed by atoms with Crippen molar-refractivity contribution < 1.29 is 4.79 Å². The van der Waals surface area contributed by atoms with Crippen molar-refractivity contribution in [1.82, 2.24) is 10.6 Å². The van der Waals surface area contributed by atoms with E-state index in [2.05, 4.69) is 21.3 Å². The molecule has 0 bridgehead atoms. The molecule has 0 saturated carbocycles. The Labute approximate surface area is 166 Å². The predicted molar refractivity (Wildman–Crippen MR) is 117 cm³/mol. The molecular weight excluding hydrogens is 356 g/mol. The van der Waals surface area contributed by atoms with E-state index in [1.165, 1.54) is 0 Å². The van der Waals surface area contributed by atoms with Crippen LogP contribution in [0.4, 0.5) is 16.2 Å². The summed E-state index contributed by atoms with van der Waals surface area (Å²) in [4.78, 5) is 11.7. The van der Waals surface area contributed by atoms with Gasteiger partial charge >= 0.3 is 6.03 Å². The van der Waals surface area contributed by atoms with Crippen LogP contribution in [0.2, 0.25) is 0 Å². The van der Waals surface area contributed by atoms with Crippen LogP contribution in [0.25, 0.3) is 0 Å². The number of carbonyl (C=O) groups excluding carboxylic acids is 1. The van der Waals surface area contributed by atoms with E-state index in [0.29, 0.717) is 11.7 Å². The highest BCUT2D eigenvalue weighted by atomic mass is 32.1. The fourth-order valence-corrected chi connectivity index (χ4v) is 2.80. The second-order valence-electron chi connectivity index (χ2n) is 6.26. The lowest BCUT2D eigenvalue weighted by Crippen LogP contribution is -2.29. The van der Waals surface area contributed by atoms with Crippen molar-refractivity contribution in [2.45, 2.75) is 32.1 Å². The molecule has 2 aromatic rings. The number of hydrogen-bond acceptors (Lipinski definition) is 2. The Kier molecular flexibility index (Phi) is 9.74. The molecule has 6 heteroatoms. The Morgan fingerprint density at radius 3 is 1.74 bits per heavy atom. The summed E-state index contributed by atoms with van der Waals surface area (Å²) < 4.78 is 0. The van der Waals surface area contributed by atoms with Crippen LogP contribution in [0.5, 0.6) is 0 Å². The van der Waals surface area contributed by atoms with Crippen LogP contribution < -0.4 is 21.3 Å². The van der Waals surface area contributed by atoms with Crippen molar-refractivity contribution in [3.8, 4) is 0 Å². The minimum atomic E-state index is -0.148. The Hall–Kier alpha value is -2.60. The van der Waals surface area contributed by atoms with Crippen molar-refractivity contribution in [3.63, 3.8) is 0 Å². The van der Waals surface area contributed by atoms with Crippen LogP contribution in [0, 0.1) is 0 Å². The molecule has 2 amide bonds. The number of para-hydroxylation sites is 2. The van der Waals surface area contributed by atoms with Gasteiger partial charge in [-0.15, -0.1) is 0 Å². The van der Waals surface area contributed by atoms with Crippen molar-refractivity contribution >= 4 is 34.7 Å². The van der Waals surface area contributed by atoms with Gasteiger partial charge in [-0.25, -0.2) is 4.79 Å². The van der Waals surface area contributed by atoms with E-state index in [-0.39, 0.29) is 6.03 Å². The fourth-order valence-electron chi connectivity index (χ4n) is 2.58. The van der Waals surface area contributed by atoms with Crippen molar-refractivity contribution in [2.24, 2.45) is 0 Å². The number of anilines is 2. The van der Waals surface area contributed by atoms with Gasteiger partial charge in [0.25, 0.3) is 0 Å². The largest absolute Gasteiger partial charge is 0.362 e. The standard InChI is InChI=1S/C21H28N4OS/c26-20(24-18-12-6-4-7-13-18)22-16-10-2-1-3-11-17-23-21(27)25-19-14-8-5-9-15-19/h4-9,12-15H,1-3,10-11,16-17H2,(H2,22,24,26)(H2,23,25,27). The first kappa shape index (κ1) is 20.7. The molecule has 27 heavy (non-hydrogen) atoms. The van der Waals surface area contributed by atoms with Gasteiger partial charge in [-0.1, -0.05) is 55.7 Å². The van der Waals surface area contributed by atoms with E-state index >= 15 is 0 Å². The van der Waals surface area contributed by atoms with Crippen LogP contribution in [0.15, 0.2) is 60.7 Å². The lowest BCUT2D eigenvalue weighted by Gasteiger charge is -2.10. The number of amides is 2. The molecule has 0 atom stereocenters. The number of thiocarbonyl (C=S) groups is 1. The summed E-state index contributed by atoms with van der Waals surface area (Å²) in [6.07, 6.45) is 5.49. The number of nitrogens with one attached hydrogen (secondary N) is 4. The minimum Gasteiger partial charge on any atom is -0.362 e. The third kappa shape index (κ3) is 9.61. The zero-order valence-electron chi connectivity index (χ0n) is 15.5. The number of rotatable bonds is 10. The van der Waals surface area contributed by atoms with Crippen molar-refractivity contribution in [3.05, 3.63) is 60.7 Å². The molecule has 0 aliphatic rings. The second kappa shape index (κ2) is 12.7. The fraction of sp³-hybridized carbons (Fsp3) is 0.333. The summed E-state index contributed by atoms with van der Waals surface area (Å²) in [7, 11) is 0. The van der Waals surface area contributed by atoms with Gasteiger partial charge in [-0.3, -0.25) is 0 Å². The number of unbranched alkanes of at least 4 members (excludes halogenated alkanes) is 4. The minimum absolute atomic E-state index is 0.148. The van der Waals surface area contributed by atoms with Gasteiger partial charge in [0.05, 0.1) is 0 Å². The maximum Gasteiger partial charge on any atom is 0.319 e. The molecule has 0 aromatic heterocycles. The SMILES string of the molecule is O=C(NCCCCCCCNC(=S)Nc1ccccc1)Nc1ccccc1. The molecule has 2 aromatic carbocycles. The number of benzene rings is 2. The molecule has 0 aliphatic heterocycles. The number of urea groups is 1. The average Bonchev–Trinajstić information content (AvgIpc) is 2.68. The molecule has 0 fully saturated rings. The zero-order valence-corrected chi connectivity index (χ0v) is 16.4. The van der Waals surface area contributed by atoms with Gasteiger partial charge < -0.3 is 21.3 Å². The van der Waals surface area contributed by atoms with E-state index in [0.717, 1.165) is 50.0 Å². The lowest BCUT2D eigenvalue weighted by molar-refractivity contribution is 0.252. The van der Waals surface area contributed by atoms with Gasteiger partial charge in [0, 0.05) is 24.5 Å². The molecule has 0 radical (unpaired) electrons. The third-order valence-corrected chi connectivity index (χ3v) is 4.23. The van der Waals surface area contributed by atoms with Crippen LogP contribution in [-0.2, 0) is 0 Å². The molecule has 4 N–H and O–H groups in total. The monoisotopic (exact) mass is 384 g/mol. The molecule has 144 valence electrons. The molecule has 0 aliphatic carbocycles. The third-order valence-electron chi connectivity index (χ3n) is 3.99. The Morgan fingerprint density at radius 2 is 1.15 bits per heavy atom. The highest BCUT2D eigenvalue weighted by Crippen LogP contribution is 2.06. The molecule has 0 unspecified atom stereocenters. The van der Waals surface area contributed by atoms with Gasteiger partial charge in [-0.05, 0) is 49.3 Å². The number of hydrogen-bond donors (Lipinski definition) is 4. The predicted octanol–water partition coefficient (Wildman–Crippen LogP) is 4.75. The van der Waals surface area contributed by atoms with Crippen LogP contribution >= 0.6 is 12.2 Å². The molecule has 0 heterocycles. The normalized spacial score (nSPS) is 10.1. The van der Waals surface area contributed by atoms with Crippen LogP contribution in [0.1, 0.15) is 32.1 Å². The topological polar surface area (TPSA) is 65.2 Å². The summed E-state index contributed by atoms with van der Waals surface area (Å²) >= 11 is 5.27. The quantitative estimate of drug-likeness (QED) is 0.353. The van der Waals surface area contributed by atoms with Gasteiger partial charge in [0.2, 0.25) is 0 Å². The van der Waals surface area contributed by atoms with E-state index in [1.807, 2.05) is 60.7 Å². The average molecular weight is 385 g/mol. The first-order valence-electron chi connectivity index (χ1n) is 9.44. The van der Waals surface area contributed by atoms with Crippen LogP contribution in [0.3, 0.4) is 0 Å². The second-order valence-corrected chi connectivity index (χ2v) is 6.67. The van der Waals surface area contributed by atoms with E-state index in [1.54, 1.807) is 0 Å². The molecule has 0 spiro atoms. The van der Waals surface area contributed by atoms with Crippen molar-refractivity contribution in [1.29, 1.82) is 0 Å². The molecule has 0 saturated heterocycles. The summed E-state index contributed by atoms with van der Waals surface area (Å²) in [5.41, 5.74) is 1.81. The van der Waals surface area contributed by atoms with E-state index in [9.17, 15) is 4.79 Å². The Morgan fingerprint density at radius 1 is 0.667 bits per heavy atom. The Bertz CT molecular complexity index is 620.